The highest BCUT2D eigenvalue weighted by atomic mass is 79.9. The summed E-state index contributed by atoms with van der Waals surface area (Å²) in [6, 6.07) is 23.8. The number of nitrogens with zero attached hydrogens (tertiary/aromatic N) is 1. The fourth-order valence-electron chi connectivity index (χ4n) is 3.57. The molecule has 3 rings (SSSR count). The summed E-state index contributed by atoms with van der Waals surface area (Å²) in [5.74, 6) is 0.335. The van der Waals surface area contributed by atoms with Crippen molar-refractivity contribution in [3.05, 3.63) is 99.5 Å². The molecular formula is C28H30BrClN2O3. The summed E-state index contributed by atoms with van der Waals surface area (Å²) < 4.78 is 6.48. The number of amides is 2. The Morgan fingerprint density at radius 2 is 1.60 bits per heavy atom. The summed E-state index contributed by atoms with van der Waals surface area (Å²) in [5.41, 5.74) is 1.91. The van der Waals surface area contributed by atoms with E-state index in [1.165, 1.54) is 0 Å². The van der Waals surface area contributed by atoms with Crippen molar-refractivity contribution < 1.29 is 14.3 Å². The molecule has 35 heavy (non-hydrogen) atoms. The Balaban J connectivity index is 1.88. The molecule has 5 nitrogen and oxygen atoms in total. The van der Waals surface area contributed by atoms with Crippen LogP contribution in [0.15, 0.2) is 83.3 Å². The number of ether oxygens (including phenoxy) is 1. The quantitative estimate of drug-likeness (QED) is 0.320. The lowest BCUT2D eigenvalue weighted by atomic mass is 10.0. The Bertz CT molecular complexity index is 1110. The second-order valence-electron chi connectivity index (χ2n) is 8.72. The summed E-state index contributed by atoms with van der Waals surface area (Å²) in [6.45, 7) is 4.69. The first-order chi connectivity index (χ1) is 16.8. The van der Waals surface area contributed by atoms with Crippen LogP contribution in [-0.4, -0.2) is 35.9 Å². The molecule has 0 bridgehead atoms. The van der Waals surface area contributed by atoms with Gasteiger partial charge in [0.15, 0.2) is 6.61 Å². The molecule has 0 fully saturated rings. The third-order valence-corrected chi connectivity index (χ3v) is 6.25. The van der Waals surface area contributed by atoms with E-state index in [1.807, 2.05) is 74.5 Å². The van der Waals surface area contributed by atoms with E-state index in [-0.39, 0.29) is 25.0 Å². The van der Waals surface area contributed by atoms with Crippen LogP contribution in [0.2, 0.25) is 5.02 Å². The number of carbonyl (C=O) groups excluding carboxylic acids is 2. The van der Waals surface area contributed by atoms with E-state index < -0.39 is 6.04 Å². The van der Waals surface area contributed by atoms with Crippen LogP contribution in [-0.2, 0) is 22.6 Å². The fourth-order valence-corrected chi connectivity index (χ4v) is 4.37. The van der Waals surface area contributed by atoms with Gasteiger partial charge in [0.1, 0.15) is 11.8 Å². The van der Waals surface area contributed by atoms with Crippen LogP contribution < -0.4 is 10.1 Å². The van der Waals surface area contributed by atoms with Gasteiger partial charge in [0.25, 0.3) is 5.91 Å². The number of carbonyl (C=O) groups is 2. The molecule has 1 atom stereocenters. The first kappa shape index (κ1) is 26.8. The van der Waals surface area contributed by atoms with Crippen molar-refractivity contribution in [3.8, 4) is 5.75 Å². The maximum atomic E-state index is 13.6. The Kier molecular flexibility index (Phi) is 10.2. The van der Waals surface area contributed by atoms with Crippen LogP contribution in [0.5, 0.6) is 5.75 Å². The molecule has 0 aliphatic carbocycles. The first-order valence-corrected chi connectivity index (χ1v) is 12.7. The second-order valence-corrected chi connectivity index (χ2v) is 10.0. The molecule has 0 aromatic heterocycles. The topological polar surface area (TPSA) is 58.6 Å². The van der Waals surface area contributed by atoms with Gasteiger partial charge in [-0.25, -0.2) is 0 Å². The van der Waals surface area contributed by atoms with E-state index in [1.54, 1.807) is 23.1 Å². The van der Waals surface area contributed by atoms with E-state index in [0.29, 0.717) is 34.1 Å². The van der Waals surface area contributed by atoms with Gasteiger partial charge in [0.2, 0.25) is 5.91 Å². The van der Waals surface area contributed by atoms with Crippen molar-refractivity contribution in [1.82, 2.24) is 10.2 Å². The highest BCUT2D eigenvalue weighted by Crippen LogP contribution is 2.28. The summed E-state index contributed by atoms with van der Waals surface area (Å²) in [6.07, 6.45) is 0.397. The van der Waals surface area contributed by atoms with Gasteiger partial charge in [-0.05, 0) is 51.2 Å². The number of hydrogen-bond acceptors (Lipinski definition) is 3. The van der Waals surface area contributed by atoms with Crippen molar-refractivity contribution in [2.45, 2.75) is 32.9 Å². The Labute approximate surface area is 220 Å². The van der Waals surface area contributed by atoms with Crippen LogP contribution >= 0.6 is 27.5 Å². The molecule has 0 saturated heterocycles. The van der Waals surface area contributed by atoms with E-state index in [2.05, 4.69) is 21.2 Å². The van der Waals surface area contributed by atoms with Crippen molar-refractivity contribution in [3.63, 3.8) is 0 Å². The minimum absolute atomic E-state index is 0.181. The Morgan fingerprint density at radius 1 is 0.971 bits per heavy atom. The molecule has 3 aromatic rings. The molecule has 7 heteroatoms. The van der Waals surface area contributed by atoms with Gasteiger partial charge in [0.05, 0.1) is 4.47 Å². The molecule has 184 valence electrons. The van der Waals surface area contributed by atoms with Crippen molar-refractivity contribution in [1.29, 1.82) is 0 Å². The summed E-state index contributed by atoms with van der Waals surface area (Å²) >= 11 is 9.44. The van der Waals surface area contributed by atoms with Crippen LogP contribution in [0.3, 0.4) is 0 Å². The lowest BCUT2D eigenvalue weighted by molar-refractivity contribution is -0.142. The van der Waals surface area contributed by atoms with Crippen molar-refractivity contribution in [2.75, 3.05) is 13.2 Å². The maximum absolute atomic E-state index is 13.6. The van der Waals surface area contributed by atoms with E-state index in [0.717, 1.165) is 11.1 Å². The van der Waals surface area contributed by atoms with Crippen molar-refractivity contribution >= 4 is 39.3 Å². The average Bonchev–Trinajstić information content (AvgIpc) is 2.85. The first-order valence-electron chi connectivity index (χ1n) is 11.6. The molecular weight excluding hydrogens is 528 g/mol. The largest absolute Gasteiger partial charge is 0.483 e. The minimum Gasteiger partial charge on any atom is -0.483 e. The van der Waals surface area contributed by atoms with Gasteiger partial charge in [-0.1, -0.05) is 86.1 Å². The number of benzene rings is 3. The van der Waals surface area contributed by atoms with Gasteiger partial charge < -0.3 is 15.0 Å². The third kappa shape index (κ3) is 8.41. The monoisotopic (exact) mass is 556 g/mol. The molecule has 0 heterocycles. The van der Waals surface area contributed by atoms with Crippen LogP contribution in [0, 0.1) is 5.92 Å². The van der Waals surface area contributed by atoms with Gasteiger partial charge in [-0.3, -0.25) is 9.59 Å². The zero-order valence-corrected chi connectivity index (χ0v) is 22.3. The third-order valence-electron chi connectivity index (χ3n) is 5.40. The normalized spacial score (nSPS) is 11.7. The molecule has 0 aliphatic heterocycles. The number of hydrogen-bond donors (Lipinski definition) is 1. The Hall–Kier alpha value is -2.83. The predicted molar refractivity (Wildman–Crippen MR) is 143 cm³/mol. The van der Waals surface area contributed by atoms with Crippen LogP contribution in [0.4, 0.5) is 0 Å². The van der Waals surface area contributed by atoms with Crippen molar-refractivity contribution in [2.24, 2.45) is 5.92 Å². The summed E-state index contributed by atoms with van der Waals surface area (Å²) in [5, 5.41) is 3.58. The van der Waals surface area contributed by atoms with E-state index >= 15 is 0 Å². The lowest BCUT2D eigenvalue weighted by Gasteiger charge is -2.31. The molecule has 1 N–H and O–H groups in total. The number of nitrogens with one attached hydrogen (secondary N) is 1. The molecule has 0 aliphatic rings. The molecule has 3 aromatic carbocycles. The van der Waals surface area contributed by atoms with Gasteiger partial charge in [-0.15, -0.1) is 0 Å². The Morgan fingerprint density at radius 3 is 2.20 bits per heavy atom. The standard InChI is InChI=1S/C28H30BrClN2O3/c1-20(2)17-31-28(34)25(15-21-9-5-3-6-10-21)32(18-22-11-7-4-8-12-22)27(33)19-35-26-14-13-23(30)16-24(26)29/h3-14,16,20,25H,15,17-19H2,1-2H3,(H,31,34)/t25-/m1/s1. The highest BCUT2D eigenvalue weighted by molar-refractivity contribution is 9.10. The SMILES string of the molecule is CC(C)CNC(=O)[C@@H](Cc1ccccc1)N(Cc1ccccc1)C(=O)COc1ccc(Cl)cc1Br. The number of rotatable bonds is 11. The molecule has 2 amide bonds. The average molecular weight is 558 g/mol. The number of halogens is 2. The van der Waals surface area contributed by atoms with Gasteiger partial charge >= 0.3 is 0 Å². The molecule has 0 saturated carbocycles. The fraction of sp³-hybridized carbons (Fsp3) is 0.286. The zero-order valence-electron chi connectivity index (χ0n) is 19.9. The smallest absolute Gasteiger partial charge is 0.261 e. The minimum atomic E-state index is -0.693. The van der Waals surface area contributed by atoms with Crippen LogP contribution in [0.25, 0.3) is 0 Å². The second kappa shape index (κ2) is 13.3. The van der Waals surface area contributed by atoms with E-state index in [9.17, 15) is 9.59 Å². The maximum Gasteiger partial charge on any atom is 0.261 e. The van der Waals surface area contributed by atoms with Gasteiger partial charge in [-0.2, -0.15) is 0 Å². The lowest BCUT2D eigenvalue weighted by Crippen LogP contribution is -2.52. The van der Waals surface area contributed by atoms with E-state index in [4.69, 9.17) is 16.3 Å². The molecule has 0 spiro atoms. The molecule has 0 radical (unpaired) electrons. The summed E-state index contributed by atoms with van der Waals surface area (Å²) in [4.78, 5) is 28.6. The van der Waals surface area contributed by atoms with Gasteiger partial charge in [0, 0.05) is 24.5 Å². The highest BCUT2D eigenvalue weighted by Gasteiger charge is 2.30. The van der Waals surface area contributed by atoms with Crippen LogP contribution in [0.1, 0.15) is 25.0 Å². The zero-order chi connectivity index (χ0) is 25.2. The molecule has 0 unspecified atom stereocenters. The summed E-state index contributed by atoms with van der Waals surface area (Å²) in [7, 11) is 0. The predicted octanol–water partition coefficient (Wildman–Crippen LogP) is 5.89.